The molecule has 0 radical (unpaired) electrons. The standard InChI is InChI=1S/C29H35FN2O5SSi/c1-19(2)29(36-15-20-9-7-6-8-10-20)17-35-16-23-21-13-24(38-25(21)28(33)37-26(23)29)22-14-32(31-27(22)30)18-34-11-12-39(3,4)5/h6-10,13-14,19H,11-12,15-18H2,1-5H3. The van der Waals surface area contributed by atoms with Crippen molar-refractivity contribution in [1.82, 2.24) is 9.78 Å². The summed E-state index contributed by atoms with van der Waals surface area (Å²) in [6, 6.07) is 12.7. The fourth-order valence-corrected chi connectivity index (χ4v) is 6.55. The van der Waals surface area contributed by atoms with Gasteiger partial charge in [-0.2, -0.15) is 4.39 Å². The molecule has 4 aromatic rings. The quantitative estimate of drug-likeness (QED) is 0.155. The zero-order valence-electron chi connectivity index (χ0n) is 23.1. The van der Waals surface area contributed by atoms with Crippen molar-refractivity contribution in [2.75, 3.05) is 13.2 Å². The van der Waals surface area contributed by atoms with Gasteiger partial charge in [-0.05, 0) is 23.6 Å². The van der Waals surface area contributed by atoms with E-state index in [-0.39, 0.29) is 25.9 Å². The van der Waals surface area contributed by atoms with Crippen LogP contribution >= 0.6 is 11.3 Å². The van der Waals surface area contributed by atoms with Gasteiger partial charge >= 0.3 is 5.63 Å². The van der Waals surface area contributed by atoms with Crippen LogP contribution in [0, 0.1) is 11.9 Å². The molecule has 0 saturated carbocycles. The third-order valence-corrected chi connectivity index (χ3v) is 9.99. The van der Waals surface area contributed by atoms with Crippen LogP contribution in [0.15, 0.2) is 51.8 Å². The topological polar surface area (TPSA) is 75.7 Å². The lowest BCUT2D eigenvalue weighted by atomic mass is 9.83. The van der Waals surface area contributed by atoms with Crippen molar-refractivity contribution >= 4 is 29.5 Å². The van der Waals surface area contributed by atoms with Crippen LogP contribution < -0.4 is 5.63 Å². The van der Waals surface area contributed by atoms with Crippen LogP contribution in [0.5, 0.6) is 0 Å². The number of aromatic nitrogens is 2. The second-order valence-electron chi connectivity index (χ2n) is 11.6. The molecule has 1 aliphatic rings. The molecule has 10 heteroatoms. The molecule has 1 unspecified atom stereocenters. The summed E-state index contributed by atoms with van der Waals surface area (Å²) in [4.78, 5) is 13.8. The summed E-state index contributed by atoms with van der Waals surface area (Å²) in [5.41, 5.74) is 0.718. The second kappa shape index (κ2) is 11.1. The molecule has 0 amide bonds. The summed E-state index contributed by atoms with van der Waals surface area (Å²) in [6.45, 7) is 12.6. The van der Waals surface area contributed by atoms with Gasteiger partial charge in [0.1, 0.15) is 17.2 Å². The number of ether oxygens (including phenoxy) is 3. The number of benzene rings is 1. The maximum Gasteiger partial charge on any atom is 0.354 e. The van der Waals surface area contributed by atoms with Gasteiger partial charge in [0.15, 0.2) is 5.60 Å². The monoisotopic (exact) mass is 570 g/mol. The highest BCUT2D eigenvalue weighted by atomic mass is 32.1. The van der Waals surface area contributed by atoms with Crippen LogP contribution in [-0.4, -0.2) is 31.1 Å². The molecule has 1 atom stereocenters. The zero-order chi connectivity index (χ0) is 27.8. The first-order valence-corrected chi connectivity index (χ1v) is 17.8. The van der Waals surface area contributed by atoms with Crippen molar-refractivity contribution in [2.45, 2.75) is 65.1 Å². The Balaban J connectivity index is 1.47. The van der Waals surface area contributed by atoms with Gasteiger partial charge < -0.3 is 18.6 Å². The van der Waals surface area contributed by atoms with Crippen molar-refractivity contribution in [3.63, 3.8) is 0 Å². The SMILES string of the molecule is CC(C)C1(OCc2ccccc2)COCc2c1oc(=O)c1sc(-c3cn(COCC[Si](C)(C)C)nc3F)cc21. The minimum absolute atomic E-state index is 0.0319. The van der Waals surface area contributed by atoms with Crippen molar-refractivity contribution in [3.8, 4) is 10.4 Å². The third kappa shape index (κ3) is 5.80. The minimum Gasteiger partial charge on any atom is -0.423 e. The fourth-order valence-electron chi connectivity index (χ4n) is 4.73. The number of halogens is 1. The van der Waals surface area contributed by atoms with Gasteiger partial charge in [-0.1, -0.05) is 63.8 Å². The molecule has 39 heavy (non-hydrogen) atoms. The largest absolute Gasteiger partial charge is 0.423 e. The number of fused-ring (bicyclic) bond motifs is 3. The first-order chi connectivity index (χ1) is 18.6. The van der Waals surface area contributed by atoms with Crippen LogP contribution in [-0.2, 0) is 39.8 Å². The van der Waals surface area contributed by atoms with E-state index >= 15 is 0 Å². The molecule has 3 aromatic heterocycles. The van der Waals surface area contributed by atoms with E-state index in [1.807, 2.05) is 50.2 Å². The molecular weight excluding hydrogens is 535 g/mol. The minimum atomic E-state index is -1.22. The Labute approximate surface area is 232 Å². The molecule has 1 aliphatic heterocycles. The Bertz CT molecular complexity index is 1510. The predicted molar refractivity (Wildman–Crippen MR) is 153 cm³/mol. The molecule has 0 saturated heterocycles. The van der Waals surface area contributed by atoms with Crippen molar-refractivity contribution < 1.29 is 23.0 Å². The Morgan fingerprint density at radius 2 is 2.00 bits per heavy atom. The molecule has 5 rings (SSSR count). The van der Waals surface area contributed by atoms with Crippen LogP contribution in [0.25, 0.3) is 20.5 Å². The van der Waals surface area contributed by atoms with Crippen molar-refractivity contribution in [1.29, 1.82) is 0 Å². The lowest BCUT2D eigenvalue weighted by Crippen LogP contribution is -2.44. The van der Waals surface area contributed by atoms with E-state index in [9.17, 15) is 9.18 Å². The van der Waals surface area contributed by atoms with Crippen molar-refractivity contribution in [2.24, 2.45) is 5.92 Å². The Morgan fingerprint density at radius 1 is 1.23 bits per heavy atom. The average molecular weight is 571 g/mol. The summed E-state index contributed by atoms with van der Waals surface area (Å²) in [5, 5.41) is 4.70. The van der Waals surface area contributed by atoms with Gasteiger partial charge in [0.05, 0.1) is 25.4 Å². The highest BCUT2D eigenvalue weighted by Gasteiger charge is 2.45. The smallest absolute Gasteiger partial charge is 0.354 e. The first-order valence-electron chi connectivity index (χ1n) is 13.2. The van der Waals surface area contributed by atoms with Crippen LogP contribution in [0.3, 0.4) is 0 Å². The molecule has 1 aromatic carbocycles. The van der Waals surface area contributed by atoms with E-state index in [2.05, 4.69) is 24.7 Å². The first kappa shape index (κ1) is 27.9. The van der Waals surface area contributed by atoms with E-state index < -0.39 is 25.2 Å². The summed E-state index contributed by atoms with van der Waals surface area (Å²) in [5.74, 6) is -0.142. The number of hydrogen-bond donors (Lipinski definition) is 0. The number of nitrogens with zero attached hydrogens (tertiary/aromatic N) is 2. The molecule has 0 N–H and O–H groups in total. The predicted octanol–water partition coefficient (Wildman–Crippen LogP) is 6.77. The summed E-state index contributed by atoms with van der Waals surface area (Å²) < 4.78 is 41.1. The average Bonchev–Trinajstić information content (AvgIpc) is 3.50. The van der Waals surface area contributed by atoms with Gasteiger partial charge in [0, 0.05) is 36.7 Å². The molecule has 0 bridgehead atoms. The highest BCUT2D eigenvalue weighted by Crippen LogP contribution is 2.44. The Morgan fingerprint density at radius 3 is 2.72 bits per heavy atom. The van der Waals surface area contributed by atoms with E-state index in [0.717, 1.165) is 17.2 Å². The molecule has 0 aliphatic carbocycles. The number of thiophene rings is 1. The summed E-state index contributed by atoms with van der Waals surface area (Å²) >= 11 is 1.20. The van der Waals surface area contributed by atoms with Crippen LogP contribution in [0.1, 0.15) is 30.7 Å². The zero-order valence-corrected chi connectivity index (χ0v) is 24.9. The Kier molecular flexibility index (Phi) is 7.94. The van der Waals surface area contributed by atoms with Gasteiger partial charge in [-0.25, -0.2) is 9.48 Å². The molecule has 7 nitrogen and oxygen atoms in total. The molecule has 0 fully saturated rings. The summed E-state index contributed by atoms with van der Waals surface area (Å²) in [7, 11) is -1.22. The molecule has 208 valence electrons. The van der Waals surface area contributed by atoms with E-state index in [0.29, 0.717) is 39.5 Å². The van der Waals surface area contributed by atoms with Gasteiger partial charge in [0.25, 0.3) is 0 Å². The van der Waals surface area contributed by atoms with E-state index in [1.165, 1.54) is 16.0 Å². The lowest BCUT2D eigenvalue weighted by molar-refractivity contribution is -0.166. The second-order valence-corrected chi connectivity index (χ2v) is 18.3. The van der Waals surface area contributed by atoms with Crippen LogP contribution in [0.2, 0.25) is 25.7 Å². The van der Waals surface area contributed by atoms with Gasteiger partial charge in [-0.15, -0.1) is 16.4 Å². The molecule has 4 heterocycles. The maximum absolute atomic E-state index is 14.9. The number of hydrogen-bond acceptors (Lipinski definition) is 7. The van der Waals surface area contributed by atoms with E-state index in [1.54, 1.807) is 6.20 Å². The number of rotatable bonds is 10. The van der Waals surface area contributed by atoms with Crippen molar-refractivity contribution in [3.05, 3.63) is 75.9 Å². The lowest BCUT2D eigenvalue weighted by Gasteiger charge is -2.40. The molecule has 0 spiro atoms. The maximum atomic E-state index is 14.9. The normalized spacial score (nSPS) is 17.7. The molecular formula is C29H35FN2O5SSi. The third-order valence-electron chi connectivity index (χ3n) is 7.13. The van der Waals surface area contributed by atoms with Gasteiger partial charge in [-0.3, -0.25) is 0 Å². The highest BCUT2D eigenvalue weighted by molar-refractivity contribution is 7.22. The van der Waals surface area contributed by atoms with Gasteiger partial charge in [0.2, 0.25) is 5.95 Å². The van der Waals surface area contributed by atoms with Crippen LogP contribution in [0.4, 0.5) is 4.39 Å². The van der Waals surface area contributed by atoms with E-state index in [4.69, 9.17) is 18.6 Å². The summed E-state index contributed by atoms with van der Waals surface area (Å²) in [6.07, 6.45) is 1.63. The fraction of sp³-hybridized carbons (Fsp3) is 0.448. The Hall–Kier alpha value is -2.63.